The van der Waals surface area contributed by atoms with Gasteiger partial charge in [0, 0.05) is 12.2 Å². The van der Waals surface area contributed by atoms with Crippen LogP contribution in [0.1, 0.15) is 27.2 Å². The summed E-state index contributed by atoms with van der Waals surface area (Å²) in [6, 6.07) is 6.54. The van der Waals surface area contributed by atoms with Crippen LogP contribution in [0.3, 0.4) is 0 Å². The van der Waals surface area contributed by atoms with Gasteiger partial charge in [-0.3, -0.25) is 0 Å². The lowest BCUT2D eigenvalue weighted by atomic mass is 9.92. The van der Waals surface area contributed by atoms with Crippen molar-refractivity contribution in [2.45, 2.75) is 33.8 Å². The van der Waals surface area contributed by atoms with Gasteiger partial charge < -0.3 is 10.1 Å². The monoisotopic (exact) mass is 243 g/mol. The molecule has 0 saturated heterocycles. The maximum absolute atomic E-state index is 11.9. The van der Waals surface area contributed by atoms with Gasteiger partial charge in [0.25, 0.3) is 0 Å². The maximum atomic E-state index is 11.9. The second-order valence-electron chi connectivity index (χ2n) is 5.14. The van der Waals surface area contributed by atoms with Crippen LogP contribution in [0.15, 0.2) is 24.3 Å². The molecule has 0 radical (unpaired) electrons. The molecule has 1 aromatic carbocycles. The summed E-state index contributed by atoms with van der Waals surface area (Å²) in [5, 5.41) is 3.24. The number of rotatable bonds is 5. The van der Waals surface area contributed by atoms with Crippen LogP contribution in [-0.4, -0.2) is 13.2 Å². The molecule has 0 fully saturated rings. The third-order valence-corrected chi connectivity index (χ3v) is 2.28. The predicted octanol–water partition coefficient (Wildman–Crippen LogP) is 4.14. The van der Waals surface area contributed by atoms with Crippen LogP contribution in [0.5, 0.6) is 5.75 Å². The van der Waals surface area contributed by atoms with E-state index in [2.05, 4.69) is 30.8 Å². The molecule has 0 bridgehead atoms. The fourth-order valence-electron chi connectivity index (χ4n) is 1.34. The summed E-state index contributed by atoms with van der Waals surface area (Å²) < 4.78 is 28.1. The summed E-state index contributed by atoms with van der Waals surface area (Å²) in [4.78, 5) is 0. The second kappa shape index (κ2) is 5.84. The summed E-state index contributed by atoms with van der Waals surface area (Å²) in [6.07, 6.45) is 1.04. The minimum absolute atomic E-state index is 0.182. The highest BCUT2D eigenvalue weighted by molar-refractivity contribution is 5.46. The molecule has 0 amide bonds. The van der Waals surface area contributed by atoms with Gasteiger partial charge >= 0.3 is 6.61 Å². The van der Waals surface area contributed by atoms with Crippen molar-refractivity contribution in [3.63, 3.8) is 0 Å². The van der Waals surface area contributed by atoms with E-state index in [9.17, 15) is 8.78 Å². The number of anilines is 1. The van der Waals surface area contributed by atoms with Gasteiger partial charge in [-0.15, -0.1) is 0 Å². The van der Waals surface area contributed by atoms with Crippen LogP contribution in [-0.2, 0) is 0 Å². The lowest BCUT2D eigenvalue weighted by molar-refractivity contribution is -0.0498. The van der Waals surface area contributed by atoms with Crippen molar-refractivity contribution in [1.82, 2.24) is 0 Å². The Morgan fingerprint density at radius 3 is 2.24 bits per heavy atom. The summed E-state index contributed by atoms with van der Waals surface area (Å²) in [7, 11) is 0. The number of hydrogen-bond acceptors (Lipinski definition) is 2. The zero-order chi connectivity index (χ0) is 12.9. The molecular formula is C13H19F2NO. The first-order valence-corrected chi connectivity index (χ1v) is 5.65. The first-order chi connectivity index (χ1) is 7.87. The van der Waals surface area contributed by atoms with Gasteiger partial charge in [0.05, 0.1) is 0 Å². The second-order valence-corrected chi connectivity index (χ2v) is 5.14. The Morgan fingerprint density at radius 1 is 1.18 bits per heavy atom. The standard InChI is InChI=1S/C13H19F2NO/c1-13(2,3)8-9-16-10-4-6-11(7-5-10)17-12(14)15/h4-7,12,16H,8-9H2,1-3H3. The molecular weight excluding hydrogens is 224 g/mol. The zero-order valence-corrected chi connectivity index (χ0v) is 10.5. The van der Waals surface area contributed by atoms with E-state index in [0.717, 1.165) is 18.7 Å². The summed E-state index contributed by atoms with van der Waals surface area (Å²) >= 11 is 0. The SMILES string of the molecule is CC(C)(C)CCNc1ccc(OC(F)F)cc1. The van der Waals surface area contributed by atoms with Gasteiger partial charge in [-0.2, -0.15) is 8.78 Å². The fraction of sp³-hybridized carbons (Fsp3) is 0.538. The van der Waals surface area contributed by atoms with Crippen molar-refractivity contribution in [1.29, 1.82) is 0 Å². The third-order valence-electron chi connectivity index (χ3n) is 2.28. The van der Waals surface area contributed by atoms with E-state index >= 15 is 0 Å². The first-order valence-electron chi connectivity index (χ1n) is 5.65. The number of halogens is 2. The predicted molar refractivity (Wildman–Crippen MR) is 65.6 cm³/mol. The Hall–Kier alpha value is -1.32. The highest BCUT2D eigenvalue weighted by atomic mass is 19.3. The lowest BCUT2D eigenvalue weighted by Crippen LogP contribution is -2.12. The van der Waals surface area contributed by atoms with Gasteiger partial charge in [0.15, 0.2) is 0 Å². The van der Waals surface area contributed by atoms with Crippen molar-refractivity contribution in [3.05, 3.63) is 24.3 Å². The maximum Gasteiger partial charge on any atom is 0.387 e. The molecule has 0 spiro atoms. The molecule has 0 saturated carbocycles. The van der Waals surface area contributed by atoms with Gasteiger partial charge in [-0.25, -0.2) is 0 Å². The number of alkyl halides is 2. The smallest absolute Gasteiger partial charge is 0.387 e. The van der Waals surface area contributed by atoms with Gasteiger partial charge in [0.2, 0.25) is 0 Å². The van der Waals surface area contributed by atoms with E-state index in [0.29, 0.717) is 0 Å². The molecule has 0 atom stereocenters. The molecule has 0 aliphatic rings. The van der Waals surface area contributed by atoms with Crippen molar-refractivity contribution in [2.75, 3.05) is 11.9 Å². The molecule has 2 nitrogen and oxygen atoms in total. The Bertz CT molecular complexity index is 330. The highest BCUT2D eigenvalue weighted by Gasteiger charge is 2.09. The van der Waals surface area contributed by atoms with Crippen LogP contribution < -0.4 is 10.1 Å². The van der Waals surface area contributed by atoms with Gasteiger partial charge in [0.1, 0.15) is 5.75 Å². The Kier molecular flexibility index (Phi) is 4.73. The summed E-state index contributed by atoms with van der Waals surface area (Å²) in [6.45, 7) is 4.62. The third kappa shape index (κ3) is 6.09. The van der Waals surface area contributed by atoms with Crippen molar-refractivity contribution in [2.24, 2.45) is 5.41 Å². The molecule has 4 heteroatoms. The largest absolute Gasteiger partial charge is 0.435 e. The van der Waals surface area contributed by atoms with Crippen LogP contribution in [0, 0.1) is 5.41 Å². The fourth-order valence-corrected chi connectivity index (χ4v) is 1.34. The highest BCUT2D eigenvalue weighted by Crippen LogP contribution is 2.20. The molecule has 0 aliphatic carbocycles. The van der Waals surface area contributed by atoms with E-state index < -0.39 is 6.61 Å². The normalized spacial score (nSPS) is 11.6. The average molecular weight is 243 g/mol. The number of ether oxygens (including phenoxy) is 1. The number of nitrogens with one attached hydrogen (secondary N) is 1. The molecule has 17 heavy (non-hydrogen) atoms. The van der Waals surface area contributed by atoms with Crippen molar-refractivity contribution < 1.29 is 13.5 Å². The molecule has 0 unspecified atom stereocenters. The van der Waals surface area contributed by atoms with Crippen LogP contribution in [0.25, 0.3) is 0 Å². The van der Waals surface area contributed by atoms with Crippen LogP contribution in [0.4, 0.5) is 14.5 Å². The van der Waals surface area contributed by atoms with Crippen LogP contribution >= 0.6 is 0 Å². The van der Waals surface area contributed by atoms with E-state index in [1.165, 1.54) is 12.1 Å². The Balaban J connectivity index is 2.40. The number of hydrogen-bond donors (Lipinski definition) is 1. The molecule has 1 N–H and O–H groups in total. The molecule has 0 aliphatic heterocycles. The molecule has 0 heterocycles. The minimum atomic E-state index is -2.77. The van der Waals surface area contributed by atoms with Crippen LogP contribution in [0.2, 0.25) is 0 Å². The lowest BCUT2D eigenvalue weighted by Gasteiger charge is -2.18. The molecule has 0 aromatic heterocycles. The quantitative estimate of drug-likeness (QED) is 0.839. The minimum Gasteiger partial charge on any atom is -0.435 e. The van der Waals surface area contributed by atoms with E-state index in [1.807, 2.05) is 0 Å². The molecule has 1 rings (SSSR count). The average Bonchev–Trinajstić information content (AvgIpc) is 2.18. The van der Waals surface area contributed by atoms with Crippen molar-refractivity contribution >= 4 is 5.69 Å². The summed E-state index contributed by atoms with van der Waals surface area (Å²) in [5.74, 6) is 0.182. The molecule has 96 valence electrons. The van der Waals surface area contributed by atoms with E-state index in [4.69, 9.17) is 0 Å². The number of benzene rings is 1. The van der Waals surface area contributed by atoms with Gasteiger partial charge in [-0.1, -0.05) is 20.8 Å². The molecule has 1 aromatic rings. The van der Waals surface area contributed by atoms with E-state index in [-0.39, 0.29) is 11.2 Å². The Labute approximate surface area is 101 Å². The topological polar surface area (TPSA) is 21.3 Å². The first kappa shape index (κ1) is 13.7. The van der Waals surface area contributed by atoms with E-state index in [1.54, 1.807) is 12.1 Å². The Morgan fingerprint density at radius 2 is 1.76 bits per heavy atom. The summed E-state index contributed by atoms with van der Waals surface area (Å²) in [5.41, 5.74) is 1.20. The zero-order valence-electron chi connectivity index (χ0n) is 10.5. The van der Waals surface area contributed by atoms with Gasteiger partial charge in [-0.05, 0) is 36.1 Å². The van der Waals surface area contributed by atoms with Crippen molar-refractivity contribution in [3.8, 4) is 5.75 Å².